The van der Waals surface area contributed by atoms with E-state index in [1.807, 2.05) is 31.2 Å². The van der Waals surface area contributed by atoms with Gasteiger partial charge in [-0.3, -0.25) is 0 Å². The zero-order valence-corrected chi connectivity index (χ0v) is 9.57. The summed E-state index contributed by atoms with van der Waals surface area (Å²) in [7, 11) is 0. The monoisotopic (exact) mass is 212 g/mol. The molecule has 0 unspecified atom stereocenters. The van der Waals surface area contributed by atoms with E-state index in [4.69, 9.17) is 4.42 Å². The summed E-state index contributed by atoms with van der Waals surface area (Å²) in [5.74, 6) is 1.55. The zero-order chi connectivity index (χ0) is 12.0. The van der Waals surface area contributed by atoms with Crippen molar-refractivity contribution in [3.05, 3.63) is 60.6 Å². The van der Waals surface area contributed by atoms with Crippen LogP contribution in [0, 0.1) is 0 Å². The molecule has 0 aromatic carbocycles. The average Bonchev–Trinajstić information content (AvgIpc) is 2.64. The molecule has 0 N–H and O–H groups in total. The summed E-state index contributed by atoms with van der Waals surface area (Å²) < 4.78 is 5.66. The van der Waals surface area contributed by atoms with Crippen LogP contribution in [0.5, 0.6) is 0 Å². The molecule has 0 atom stereocenters. The Morgan fingerprint density at radius 1 is 0.938 bits per heavy atom. The van der Waals surface area contributed by atoms with Crippen LogP contribution in [0.3, 0.4) is 0 Å². The van der Waals surface area contributed by atoms with Crippen molar-refractivity contribution >= 4 is 24.3 Å². The summed E-state index contributed by atoms with van der Waals surface area (Å²) >= 11 is 0. The quantitative estimate of drug-likeness (QED) is 0.639. The van der Waals surface area contributed by atoms with Gasteiger partial charge in [-0.25, -0.2) is 0 Å². The fourth-order valence-electron chi connectivity index (χ4n) is 1.47. The van der Waals surface area contributed by atoms with E-state index in [9.17, 15) is 0 Å². The third-order valence-electron chi connectivity index (χ3n) is 2.15. The van der Waals surface area contributed by atoms with Gasteiger partial charge in [0.2, 0.25) is 0 Å². The van der Waals surface area contributed by atoms with Gasteiger partial charge in [-0.05, 0) is 19.1 Å². The highest BCUT2D eigenvalue weighted by atomic mass is 16.3. The van der Waals surface area contributed by atoms with E-state index in [0.717, 1.165) is 22.6 Å². The van der Waals surface area contributed by atoms with Crippen LogP contribution in [0.2, 0.25) is 0 Å². The van der Waals surface area contributed by atoms with Crippen molar-refractivity contribution in [1.82, 2.24) is 0 Å². The lowest BCUT2D eigenvalue weighted by atomic mass is 10.1. The van der Waals surface area contributed by atoms with E-state index in [0.29, 0.717) is 0 Å². The van der Waals surface area contributed by atoms with Crippen LogP contribution >= 0.6 is 0 Å². The molecule has 1 aromatic heterocycles. The van der Waals surface area contributed by atoms with Gasteiger partial charge in [0.05, 0.1) is 0 Å². The van der Waals surface area contributed by atoms with Gasteiger partial charge in [0.1, 0.15) is 11.5 Å². The topological polar surface area (TPSA) is 13.1 Å². The van der Waals surface area contributed by atoms with Crippen molar-refractivity contribution in [2.24, 2.45) is 0 Å². The fraction of sp³-hybridized carbons (Fsp3) is 0.0667. The SMILES string of the molecule is C=C/C=C\c1c(C=C)oc(/C=C\C)c1C=C. The van der Waals surface area contributed by atoms with Crippen molar-refractivity contribution in [1.29, 1.82) is 0 Å². The van der Waals surface area contributed by atoms with Crippen molar-refractivity contribution in [2.75, 3.05) is 0 Å². The second kappa shape index (κ2) is 5.76. The van der Waals surface area contributed by atoms with Gasteiger partial charge in [0.25, 0.3) is 0 Å². The molecular formula is C15H16O. The van der Waals surface area contributed by atoms with E-state index in [1.165, 1.54) is 0 Å². The molecule has 1 aromatic rings. The van der Waals surface area contributed by atoms with Gasteiger partial charge < -0.3 is 4.42 Å². The molecule has 0 bridgehead atoms. The van der Waals surface area contributed by atoms with Gasteiger partial charge in [0.15, 0.2) is 0 Å². The first-order chi connectivity index (χ1) is 7.78. The van der Waals surface area contributed by atoms with E-state index in [-0.39, 0.29) is 0 Å². The maximum absolute atomic E-state index is 5.66. The number of rotatable bonds is 5. The van der Waals surface area contributed by atoms with Crippen LogP contribution in [0.15, 0.2) is 42.4 Å². The molecule has 0 spiro atoms. The summed E-state index contributed by atoms with van der Waals surface area (Å²) in [6.07, 6.45) is 12.9. The first-order valence-electron chi connectivity index (χ1n) is 5.12. The third kappa shape index (κ3) is 2.31. The average molecular weight is 212 g/mol. The third-order valence-corrected chi connectivity index (χ3v) is 2.15. The Labute approximate surface area is 96.8 Å². The van der Waals surface area contributed by atoms with Gasteiger partial charge in [-0.15, -0.1) is 0 Å². The summed E-state index contributed by atoms with van der Waals surface area (Å²) in [5, 5.41) is 0. The van der Waals surface area contributed by atoms with Gasteiger partial charge in [-0.1, -0.05) is 50.1 Å². The summed E-state index contributed by atoms with van der Waals surface area (Å²) in [4.78, 5) is 0. The normalized spacial score (nSPS) is 11.1. The van der Waals surface area contributed by atoms with Crippen molar-refractivity contribution in [3.8, 4) is 0 Å². The molecule has 16 heavy (non-hydrogen) atoms. The lowest BCUT2D eigenvalue weighted by Crippen LogP contribution is -1.77. The number of allylic oxidation sites excluding steroid dienone is 3. The van der Waals surface area contributed by atoms with E-state index < -0.39 is 0 Å². The lowest BCUT2D eigenvalue weighted by molar-refractivity contribution is 0.546. The summed E-state index contributed by atoms with van der Waals surface area (Å²) in [6, 6.07) is 0. The molecule has 0 aliphatic heterocycles. The molecule has 0 aliphatic rings. The Balaban J connectivity index is 3.41. The van der Waals surface area contributed by atoms with Crippen LogP contribution in [0.1, 0.15) is 29.6 Å². The van der Waals surface area contributed by atoms with Crippen LogP contribution in [-0.4, -0.2) is 0 Å². The Morgan fingerprint density at radius 2 is 1.69 bits per heavy atom. The summed E-state index contributed by atoms with van der Waals surface area (Å²) in [5.41, 5.74) is 1.96. The molecule has 1 heterocycles. The highest BCUT2D eigenvalue weighted by Gasteiger charge is 2.11. The molecule has 0 fully saturated rings. The summed E-state index contributed by atoms with van der Waals surface area (Å²) in [6.45, 7) is 13.1. The second-order valence-electron chi connectivity index (χ2n) is 3.16. The molecule has 0 saturated carbocycles. The maximum Gasteiger partial charge on any atom is 0.135 e. The minimum atomic E-state index is 0.751. The van der Waals surface area contributed by atoms with Gasteiger partial charge >= 0.3 is 0 Å². The Bertz CT molecular complexity index is 456. The van der Waals surface area contributed by atoms with E-state index in [2.05, 4.69) is 19.7 Å². The molecule has 1 nitrogen and oxygen atoms in total. The first-order valence-corrected chi connectivity index (χ1v) is 5.12. The fourth-order valence-corrected chi connectivity index (χ4v) is 1.47. The molecule has 0 radical (unpaired) electrons. The number of hydrogen-bond donors (Lipinski definition) is 0. The number of hydrogen-bond acceptors (Lipinski definition) is 1. The zero-order valence-electron chi connectivity index (χ0n) is 9.57. The largest absolute Gasteiger partial charge is 0.456 e. The Hall–Kier alpha value is -2.02. The standard InChI is InChI=1S/C15H16O/c1-5-9-11-13-12(7-3)15(10-6-2)16-14(13)8-4/h5-11H,1,3-4H2,2H3/b10-6-,11-9-. The molecule has 82 valence electrons. The maximum atomic E-state index is 5.66. The van der Waals surface area contributed by atoms with Gasteiger partial charge in [-0.2, -0.15) is 0 Å². The van der Waals surface area contributed by atoms with E-state index >= 15 is 0 Å². The molecular weight excluding hydrogens is 196 g/mol. The number of furan rings is 1. The molecule has 0 saturated heterocycles. The second-order valence-corrected chi connectivity index (χ2v) is 3.16. The lowest BCUT2D eigenvalue weighted by Gasteiger charge is -1.92. The minimum Gasteiger partial charge on any atom is -0.456 e. The van der Waals surface area contributed by atoms with E-state index in [1.54, 1.807) is 18.2 Å². The predicted molar refractivity (Wildman–Crippen MR) is 72.8 cm³/mol. The van der Waals surface area contributed by atoms with Crippen LogP contribution in [-0.2, 0) is 0 Å². The first kappa shape index (κ1) is 12.1. The van der Waals surface area contributed by atoms with Crippen molar-refractivity contribution in [2.45, 2.75) is 6.92 Å². The smallest absolute Gasteiger partial charge is 0.135 e. The van der Waals surface area contributed by atoms with Gasteiger partial charge in [0, 0.05) is 11.1 Å². The minimum absolute atomic E-state index is 0.751. The Kier molecular flexibility index (Phi) is 4.34. The molecule has 0 amide bonds. The van der Waals surface area contributed by atoms with Crippen molar-refractivity contribution in [3.63, 3.8) is 0 Å². The highest BCUT2D eigenvalue weighted by molar-refractivity contribution is 5.76. The Morgan fingerprint density at radius 3 is 2.19 bits per heavy atom. The highest BCUT2D eigenvalue weighted by Crippen LogP contribution is 2.27. The van der Waals surface area contributed by atoms with Crippen molar-refractivity contribution < 1.29 is 4.42 Å². The van der Waals surface area contributed by atoms with Crippen LogP contribution in [0.4, 0.5) is 0 Å². The van der Waals surface area contributed by atoms with Crippen LogP contribution in [0.25, 0.3) is 24.3 Å². The molecule has 0 aliphatic carbocycles. The predicted octanol–water partition coefficient (Wildman–Crippen LogP) is 4.80. The van der Waals surface area contributed by atoms with Crippen LogP contribution < -0.4 is 0 Å². The molecule has 1 rings (SSSR count). The molecule has 1 heteroatoms.